The van der Waals surface area contributed by atoms with Crippen LogP contribution in [0.1, 0.15) is 41.3 Å². The molecule has 0 saturated heterocycles. The van der Waals surface area contributed by atoms with Gasteiger partial charge in [0, 0.05) is 28.3 Å². The first-order valence-electron chi connectivity index (χ1n) is 9.48. The summed E-state index contributed by atoms with van der Waals surface area (Å²) < 4.78 is 11.2. The van der Waals surface area contributed by atoms with Gasteiger partial charge in [0.15, 0.2) is 17.3 Å². The lowest BCUT2D eigenvalue weighted by atomic mass is 9.79. The molecule has 0 amide bonds. The third-order valence-corrected chi connectivity index (χ3v) is 6.16. The average Bonchev–Trinajstić information content (AvgIpc) is 3.02. The molecule has 1 atom stereocenters. The molecule has 0 aromatic heterocycles. The Hall–Kier alpha value is -2.81. The third-order valence-electron chi connectivity index (χ3n) is 5.34. The lowest BCUT2D eigenvalue weighted by Gasteiger charge is -2.29. The maximum absolute atomic E-state index is 13.4. The molecule has 0 unspecified atom stereocenters. The van der Waals surface area contributed by atoms with Crippen LogP contribution in [0.2, 0.25) is 0 Å². The first-order valence-corrected chi connectivity index (χ1v) is 10.6. The van der Waals surface area contributed by atoms with Gasteiger partial charge in [0.1, 0.15) is 0 Å². The number of carbonyl (C=O) groups excluding carboxylic acids is 2. The number of ether oxygens (including phenoxy) is 2. The van der Waals surface area contributed by atoms with Gasteiger partial charge in [-0.3, -0.25) is 4.79 Å². The molecule has 0 bridgehead atoms. The Morgan fingerprint density at radius 1 is 1.23 bits per heavy atom. The van der Waals surface area contributed by atoms with Gasteiger partial charge < -0.3 is 19.9 Å². The van der Waals surface area contributed by atoms with Crippen LogP contribution in [0.15, 0.2) is 53.2 Å². The molecule has 0 fully saturated rings. The normalized spacial score (nSPS) is 17.5. The van der Waals surface area contributed by atoms with Crippen LogP contribution in [0.4, 0.5) is 0 Å². The summed E-state index contributed by atoms with van der Waals surface area (Å²) in [7, 11) is 1.32. The number of methoxy groups -OCH3 is 1. The molecular formula is C23H20INO5. The van der Waals surface area contributed by atoms with Crippen molar-refractivity contribution >= 4 is 40.0 Å². The van der Waals surface area contributed by atoms with E-state index in [0.717, 1.165) is 5.56 Å². The molecule has 0 radical (unpaired) electrons. The molecule has 2 aromatic carbocycles. The highest BCUT2D eigenvalue weighted by Crippen LogP contribution is 2.48. The summed E-state index contributed by atoms with van der Waals surface area (Å²) in [5.74, 6) is -0.952. The largest absolute Gasteiger partial charge is 0.504 e. The maximum atomic E-state index is 13.4. The number of ketones is 1. The fourth-order valence-electron chi connectivity index (χ4n) is 4.07. The number of esters is 1. The molecule has 7 heteroatoms. The van der Waals surface area contributed by atoms with E-state index in [9.17, 15) is 14.7 Å². The van der Waals surface area contributed by atoms with Crippen molar-refractivity contribution in [2.75, 3.05) is 13.7 Å². The molecule has 2 aliphatic rings. The number of phenols is 1. The zero-order valence-corrected chi connectivity index (χ0v) is 18.9. The summed E-state index contributed by atoms with van der Waals surface area (Å²) in [6.07, 6.45) is 0. The minimum absolute atomic E-state index is 0.0330. The first kappa shape index (κ1) is 20.5. The molecule has 1 aliphatic carbocycles. The van der Waals surface area contributed by atoms with E-state index in [1.807, 2.05) is 47.7 Å². The van der Waals surface area contributed by atoms with Crippen molar-refractivity contribution in [1.29, 1.82) is 0 Å². The van der Waals surface area contributed by atoms with E-state index in [-0.39, 0.29) is 11.5 Å². The predicted molar refractivity (Wildman–Crippen MR) is 120 cm³/mol. The Labute approximate surface area is 187 Å². The standard InChI is InChI=1S/C23H20INO5/c1-4-30-16-10-12(9-15(24)22(16)27)18-17(23(28)29-3)11(2)25-20-13-7-5-6-8-14(13)21(26)19(18)20/h5-10,18,25,27H,4H2,1-3H3/t18-/m0/s1. The number of fused-ring (bicyclic) bond motifs is 2. The summed E-state index contributed by atoms with van der Waals surface area (Å²) in [6, 6.07) is 10.8. The highest BCUT2D eigenvalue weighted by molar-refractivity contribution is 14.1. The fraction of sp³-hybridized carbons (Fsp3) is 0.217. The van der Waals surface area contributed by atoms with Crippen LogP contribution < -0.4 is 10.1 Å². The Kier molecular flexibility index (Phi) is 5.31. The Balaban J connectivity index is 1.97. The van der Waals surface area contributed by atoms with Gasteiger partial charge >= 0.3 is 5.97 Å². The molecule has 1 aliphatic heterocycles. The number of rotatable bonds is 4. The van der Waals surface area contributed by atoms with E-state index >= 15 is 0 Å². The number of hydrogen-bond donors (Lipinski definition) is 2. The molecule has 30 heavy (non-hydrogen) atoms. The SMILES string of the molecule is CCOc1cc([C@H]2C(C(=O)OC)=C(C)NC3=C2C(=O)c2ccccc23)cc(I)c1O. The van der Waals surface area contributed by atoms with E-state index in [4.69, 9.17) is 9.47 Å². The van der Waals surface area contributed by atoms with Gasteiger partial charge in [-0.1, -0.05) is 24.3 Å². The quantitative estimate of drug-likeness (QED) is 0.469. The molecule has 154 valence electrons. The van der Waals surface area contributed by atoms with Crippen molar-refractivity contribution in [3.63, 3.8) is 0 Å². The Morgan fingerprint density at radius 3 is 2.60 bits per heavy atom. The summed E-state index contributed by atoms with van der Waals surface area (Å²) in [6.45, 7) is 3.99. The number of hydrogen-bond acceptors (Lipinski definition) is 6. The number of dihydropyridines is 1. The average molecular weight is 517 g/mol. The zero-order valence-electron chi connectivity index (χ0n) is 16.7. The van der Waals surface area contributed by atoms with Gasteiger partial charge in [-0.25, -0.2) is 4.79 Å². The van der Waals surface area contributed by atoms with Gasteiger partial charge in [-0.15, -0.1) is 0 Å². The number of benzene rings is 2. The number of nitrogens with one attached hydrogen (secondary N) is 1. The lowest BCUT2D eigenvalue weighted by molar-refractivity contribution is -0.136. The second kappa shape index (κ2) is 7.79. The topological polar surface area (TPSA) is 84.9 Å². The van der Waals surface area contributed by atoms with Crippen molar-refractivity contribution in [1.82, 2.24) is 5.32 Å². The first-order chi connectivity index (χ1) is 14.4. The Morgan fingerprint density at radius 2 is 1.93 bits per heavy atom. The van der Waals surface area contributed by atoms with Crippen molar-refractivity contribution < 1.29 is 24.2 Å². The molecule has 4 rings (SSSR count). The monoisotopic (exact) mass is 517 g/mol. The number of allylic oxidation sites excluding steroid dienone is 2. The van der Waals surface area contributed by atoms with Crippen LogP contribution in [0, 0.1) is 3.57 Å². The van der Waals surface area contributed by atoms with E-state index in [0.29, 0.717) is 49.6 Å². The second-order valence-electron chi connectivity index (χ2n) is 7.03. The summed E-state index contributed by atoms with van der Waals surface area (Å²) >= 11 is 2.02. The number of halogens is 1. The zero-order chi connectivity index (χ0) is 21.6. The van der Waals surface area contributed by atoms with E-state index in [1.54, 1.807) is 25.1 Å². The van der Waals surface area contributed by atoms with Crippen molar-refractivity contribution in [3.8, 4) is 11.5 Å². The van der Waals surface area contributed by atoms with Gasteiger partial charge in [-0.2, -0.15) is 0 Å². The van der Waals surface area contributed by atoms with Gasteiger partial charge in [-0.05, 0) is 54.1 Å². The summed E-state index contributed by atoms with van der Waals surface area (Å²) in [5, 5.41) is 13.6. The number of Topliss-reactive ketones (excluding diaryl/α,β-unsaturated/α-hetero) is 1. The molecule has 0 saturated carbocycles. The number of carbonyl (C=O) groups is 2. The van der Waals surface area contributed by atoms with Gasteiger partial charge in [0.25, 0.3) is 0 Å². The number of aromatic hydroxyl groups is 1. The lowest BCUT2D eigenvalue weighted by Crippen LogP contribution is -2.29. The van der Waals surface area contributed by atoms with Crippen LogP contribution in [0.5, 0.6) is 11.5 Å². The maximum Gasteiger partial charge on any atom is 0.336 e. The smallest absolute Gasteiger partial charge is 0.336 e. The van der Waals surface area contributed by atoms with Gasteiger partial charge in [0.05, 0.1) is 28.6 Å². The highest BCUT2D eigenvalue weighted by atomic mass is 127. The van der Waals surface area contributed by atoms with Crippen LogP contribution >= 0.6 is 22.6 Å². The Bertz CT molecular complexity index is 1150. The fourth-order valence-corrected chi connectivity index (χ4v) is 4.69. The molecule has 0 spiro atoms. The van der Waals surface area contributed by atoms with Gasteiger partial charge in [0.2, 0.25) is 0 Å². The molecule has 6 nitrogen and oxygen atoms in total. The highest BCUT2D eigenvalue weighted by Gasteiger charge is 2.43. The van der Waals surface area contributed by atoms with Crippen LogP contribution in [-0.2, 0) is 9.53 Å². The van der Waals surface area contributed by atoms with Crippen LogP contribution in [0.3, 0.4) is 0 Å². The number of phenolic OH excluding ortho intramolecular Hbond substituents is 1. The van der Waals surface area contributed by atoms with Crippen molar-refractivity contribution in [3.05, 3.63) is 73.5 Å². The van der Waals surface area contributed by atoms with E-state index in [1.165, 1.54) is 7.11 Å². The minimum atomic E-state index is -0.651. The van der Waals surface area contributed by atoms with E-state index in [2.05, 4.69) is 5.32 Å². The second-order valence-corrected chi connectivity index (χ2v) is 8.20. The van der Waals surface area contributed by atoms with Crippen LogP contribution in [-0.4, -0.2) is 30.6 Å². The summed E-state index contributed by atoms with van der Waals surface area (Å²) in [4.78, 5) is 26.1. The predicted octanol–water partition coefficient (Wildman–Crippen LogP) is 4.14. The molecule has 2 aromatic rings. The third kappa shape index (κ3) is 3.08. The van der Waals surface area contributed by atoms with E-state index < -0.39 is 11.9 Å². The van der Waals surface area contributed by atoms with Crippen molar-refractivity contribution in [2.45, 2.75) is 19.8 Å². The van der Waals surface area contributed by atoms with Crippen LogP contribution in [0.25, 0.3) is 5.70 Å². The molecule has 1 heterocycles. The summed E-state index contributed by atoms with van der Waals surface area (Å²) in [5.41, 5.74) is 4.26. The molecule has 2 N–H and O–H groups in total. The minimum Gasteiger partial charge on any atom is -0.504 e. The molecular weight excluding hydrogens is 497 g/mol. The van der Waals surface area contributed by atoms with Crippen molar-refractivity contribution in [2.24, 2.45) is 0 Å².